The molecule has 1 aromatic carbocycles. The fourth-order valence-corrected chi connectivity index (χ4v) is 2.55. The van der Waals surface area contributed by atoms with E-state index in [1.807, 2.05) is 5.38 Å². The minimum atomic E-state index is -0.240. The maximum atomic E-state index is 13.8. The Morgan fingerprint density at radius 1 is 1.47 bits per heavy atom. The third-order valence-electron chi connectivity index (χ3n) is 2.81. The first-order chi connectivity index (χ1) is 9.20. The van der Waals surface area contributed by atoms with E-state index in [1.54, 1.807) is 12.1 Å². The molecule has 0 aliphatic carbocycles. The number of nitrogens with one attached hydrogen (secondary N) is 1. The second-order valence-electron chi connectivity index (χ2n) is 4.28. The van der Waals surface area contributed by atoms with E-state index >= 15 is 0 Å². The van der Waals surface area contributed by atoms with E-state index in [2.05, 4.69) is 21.8 Å². The van der Waals surface area contributed by atoms with Crippen molar-refractivity contribution in [2.24, 2.45) is 0 Å². The van der Waals surface area contributed by atoms with Gasteiger partial charge in [-0.2, -0.15) is 0 Å². The predicted molar refractivity (Wildman–Crippen MR) is 76.1 cm³/mol. The summed E-state index contributed by atoms with van der Waals surface area (Å²) in [6.07, 6.45) is 1.52. The van der Waals surface area contributed by atoms with E-state index in [9.17, 15) is 4.39 Å². The Bertz CT molecular complexity index is 519. The molecular formula is C13H15ClFN3S. The third-order valence-corrected chi connectivity index (χ3v) is 3.56. The highest BCUT2D eigenvalue weighted by atomic mass is 35.5. The van der Waals surface area contributed by atoms with Crippen LogP contribution in [0.15, 0.2) is 23.6 Å². The van der Waals surface area contributed by atoms with E-state index in [-0.39, 0.29) is 11.9 Å². The van der Waals surface area contributed by atoms with Gasteiger partial charge >= 0.3 is 0 Å². The first kappa shape index (κ1) is 14.4. The monoisotopic (exact) mass is 299 g/mol. The highest BCUT2D eigenvalue weighted by Gasteiger charge is 2.16. The molecule has 3 nitrogen and oxygen atoms in total. The number of hydrogen-bond donors (Lipinski definition) is 1. The van der Waals surface area contributed by atoms with Gasteiger partial charge in [0.05, 0.1) is 11.7 Å². The van der Waals surface area contributed by atoms with Crippen molar-refractivity contribution in [3.05, 3.63) is 45.7 Å². The van der Waals surface area contributed by atoms with Crippen molar-refractivity contribution < 1.29 is 4.39 Å². The van der Waals surface area contributed by atoms with Crippen LogP contribution in [0.25, 0.3) is 0 Å². The molecule has 0 bridgehead atoms. The molecule has 0 radical (unpaired) electrons. The summed E-state index contributed by atoms with van der Waals surface area (Å²) in [5.74, 6) is -0.240. The molecule has 2 aromatic rings. The second kappa shape index (κ2) is 6.93. The highest BCUT2D eigenvalue weighted by Crippen LogP contribution is 2.22. The molecule has 0 amide bonds. The lowest BCUT2D eigenvalue weighted by atomic mass is 10.0. The van der Waals surface area contributed by atoms with E-state index in [0.717, 1.165) is 18.7 Å². The average molecular weight is 300 g/mol. The summed E-state index contributed by atoms with van der Waals surface area (Å²) in [7, 11) is 0. The minimum Gasteiger partial charge on any atom is -0.308 e. The molecule has 0 fully saturated rings. The van der Waals surface area contributed by atoms with Crippen LogP contribution in [0.4, 0.5) is 4.39 Å². The Morgan fingerprint density at radius 3 is 3.00 bits per heavy atom. The van der Waals surface area contributed by atoms with Crippen LogP contribution in [-0.4, -0.2) is 16.1 Å². The maximum Gasteiger partial charge on any atom is 0.126 e. The van der Waals surface area contributed by atoms with E-state index in [0.29, 0.717) is 17.0 Å². The average Bonchev–Trinajstić information content (AvgIpc) is 2.92. The van der Waals surface area contributed by atoms with Crippen LogP contribution in [0.5, 0.6) is 0 Å². The van der Waals surface area contributed by atoms with Crippen molar-refractivity contribution in [1.29, 1.82) is 0 Å². The highest BCUT2D eigenvalue weighted by molar-refractivity contribution is 7.03. The van der Waals surface area contributed by atoms with E-state index < -0.39 is 0 Å². The van der Waals surface area contributed by atoms with Gasteiger partial charge < -0.3 is 5.32 Å². The molecule has 2 rings (SSSR count). The van der Waals surface area contributed by atoms with Crippen molar-refractivity contribution in [3.63, 3.8) is 0 Å². The van der Waals surface area contributed by atoms with Crippen LogP contribution in [0.2, 0.25) is 5.02 Å². The van der Waals surface area contributed by atoms with Gasteiger partial charge in [-0.05, 0) is 54.7 Å². The van der Waals surface area contributed by atoms with Gasteiger partial charge in [-0.1, -0.05) is 23.0 Å². The molecule has 0 saturated carbocycles. The number of rotatable bonds is 6. The zero-order chi connectivity index (χ0) is 13.7. The molecule has 0 aliphatic rings. The summed E-state index contributed by atoms with van der Waals surface area (Å²) >= 11 is 7.21. The van der Waals surface area contributed by atoms with Crippen LogP contribution in [0, 0.1) is 5.82 Å². The number of aromatic nitrogens is 2. The van der Waals surface area contributed by atoms with Crippen LogP contribution in [-0.2, 0) is 6.42 Å². The summed E-state index contributed by atoms with van der Waals surface area (Å²) in [4.78, 5) is 0. The summed E-state index contributed by atoms with van der Waals surface area (Å²) in [5, 5.41) is 9.86. The summed E-state index contributed by atoms with van der Waals surface area (Å²) in [6, 6.07) is 4.58. The standard InChI is InChI=1S/C13H15ClFN3S/c1-2-5-16-12(13-8-19-18-17-13)7-9-6-10(14)3-4-11(9)15/h3-4,6,8,12,16H,2,5,7H2,1H3. The summed E-state index contributed by atoms with van der Waals surface area (Å²) in [5.41, 5.74) is 1.44. The number of nitrogens with zero attached hydrogens (tertiary/aromatic N) is 2. The van der Waals surface area contributed by atoms with Crippen molar-refractivity contribution >= 4 is 23.1 Å². The van der Waals surface area contributed by atoms with Crippen molar-refractivity contribution in [2.75, 3.05) is 6.54 Å². The van der Waals surface area contributed by atoms with Gasteiger partial charge in [0.2, 0.25) is 0 Å². The molecule has 19 heavy (non-hydrogen) atoms. The van der Waals surface area contributed by atoms with E-state index in [1.165, 1.54) is 17.6 Å². The predicted octanol–water partition coefficient (Wildman–Crippen LogP) is 3.61. The number of hydrogen-bond acceptors (Lipinski definition) is 4. The molecule has 1 heterocycles. The number of benzene rings is 1. The molecule has 0 spiro atoms. The molecule has 0 aliphatic heterocycles. The lowest BCUT2D eigenvalue weighted by Gasteiger charge is -2.16. The topological polar surface area (TPSA) is 37.8 Å². The normalized spacial score (nSPS) is 12.6. The van der Waals surface area contributed by atoms with Gasteiger partial charge in [-0.25, -0.2) is 4.39 Å². The Morgan fingerprint density at radius 2 is 2.32 bits per heavy atom. The van der Waals surface area contributed by atoms with Gasteiger partial charge in [0, 0.05) is 10.4 Å². The fourth-order valence-electron chi connectivity index (χ4n) is 1.84. The zero-order valence-electron chi connectivity index (χ0n) is 10.6. The van der Waals surface area contributed by atoms with Crippen molar-refractivity contribution in [2.45, 2.75) is 25.8 Å². The van der Waals surface area contributed by atoms with Crippen molar-refractivity contribution in [1.82, 2.24) is 14.9 Å². The zero-order valence-corrected chi connectivity index (χ0v) is 12.1. The lowest BCUT2D eigenvalue weighted by Crippen LogP contribution is -2.24. The Labute approximate surface area is 121 Å². The largest absolute Gasteiger partial charge is 0.308 e. The maximum absolute atomic E-state index is 13.8. The molecule has 1 unspecified atom stereocenters. The van der Waals surface area contributed by atoms with Gasteiger partial charge in [0.15, 0.2) is 0 Å². The summed E-state index contributed by atoms with van der Waals surface area (Å²) < 4.78 is 17.6. The van der Waals surface area contributed by atoms with Gasteiger partial charge in [-0.15, -0.1) is 5.10 Å². The van der Waals surface area contributed by atoms with Crippen LogP contribution in [0.3, 0.4) is 0 Å². The van der Waals surface area contributed by atoms with Gasteiger partial charge in [0.1, 0.15) is 5.82 Å². The van der Waals surface area contributed by atoms with Crippen LogP contribution >= 0.6 is 23.1 Å². The number of halogens is 2. The molecule has 102 valence electrons. The lowest BCUT2D eigenvalue weighted by molar-refractivity contribution is 0.502. The summed E-state index contributed by atoms with van der Waals surface area (Å²) in [6.45, 7) is 2.94. The molecule has 0 saturated heterocycles. The SMILES string of the molecule is CCCNC(Cc1cc(Cl)ccc1F)c1csnn1. The molecule has 1 N–H and O–H groups in total. The van der Waals surface area contributed by atoms with E-state index in [4.69, 9.17) is 11.6 Å². The first-order valence-corrected chi connectivity index (χ1v) is 7.36. The molecule has 1 atom stereocenters. The molecule has 1 aromatic heterocycles. The van der Waals surface area contributed by atoms with Crippen molar-refractivity contribution in [3.8, 4) is 0 Å². The quantitative estimate of drug-likeness (QED) is 0.885. The minimum absolute atomic E-state index is 0.0355. The van der Waals surface area contributed by atoms with Gasteiger partial charge in [0.25, 0.3) is 0 Å². The Hall–Kier alpha value is -1.04. The van der Waals surface area contributed by atoms with Gasteiger partial charge in [-0.3, -0.25) is 0 Å². The smallest absolute Gasteiger partial charge is 0.126 e. The molecule has 6 heteroatoms. The second-order valence-corrected chi connectivity index (χ2v) is 5.32. The Balaban J connectivity index is 2.17. The third kappa shape index (κ3) is 3.96. The van der Waals surface area contributed by atoms with Crippen LogP contribution < -0.4 is 5.32 Å². The first-order valence-electron chi connectivity index (χ1n) is 6.15. The van der Waals surface area contributed by atoms with Crippen LogP contribution in [0.1, 0.15) is 30.6 Å². The fraction of sp³-hybridized carbons (Fsp3) is 0.385. The molecular weight excluding hydrogens is 285 g/mol. The Kier molecular flexibility index (Phi) is 5.24.